The summed E-state index contributed by atoms with van der Waals surface area (Å²) in [6, 6.07) is 6.49. The van der Waals surface area contributed by atoms with Crippen LogP contribution in [-0.2, 0) is 22.9 Å². The highest BCUT2D eigenvalue weighted by molar-refractivity contribution is 9.10. The van der Waals surface area contributed by atoms with Gasteiger partial charge in [-0.3, -0.25) is 4.90 Å². The zero-order valence-electron chi connectivity index (χ0n) is 12.6. The number of nitrogens with one attached hydrogen (secondary N) is 1. The van der Waals surface area contributed by atoms with Crippen molar-refractivity contribution in [3.05, 3.63) is 33.8 Å². The first-order valence-corrected chi connectivity index (χ1v) is 9.95. The van der Waals surface area contributed by atoms with Gasteiger partial charge in [0.05, 0.1) is 11.5 Å². The second-order valence-electron chi connectivity index (χ2n) is 5.64. The van der Waals surface area contributed by atoms with Gasteiger partial charge in [-0.25, -0.2) is 8.42 Å². The Morgan fingerprint density at radius 1 is 1.43 bits per heavy atom. The largest absolute Gasteiger partial charge is 0.313 e. The van der Waals surface area contributed by atoms with Crippen LogP contribution in [0.25, 0.3) is 0 Å². The number of hydrogen-bond donors (Lipinski definition) is 1. The first kappa shape index (κ1) is 16.9. The summed E-state index contributed by atoms with van der Waals surface area (Å²) in [6.07, 6.45) is 0. The minimum Gasteiger partial charge on any atom is -0.313 e. The predicted octanol–water partition coefficient (Wildman–Crippen LogP) is 2.18. The quantitative estimate of drug-likeness (QED) is 0.857. The van der Waals surface area contributed by atoms with Crippen molar-refractivity contribution in [2.45, 2.75) is 33.0 Å². The summed E-state index contributed by atoms with van der Waals surface area (Å²) in [6.45, 7) is 7.32. The van der Waals surface area contributed by atoms with Crippen LogP contribution < -0.4 is 5.32 Å². The number of halogens is 1. The smallest absolute Gasteiger partial charge is 0.153 e. The Morgan fingerprint density at radius 2 is 2.19 bits per heavy atom. The van der Waals surface area contributed by atoms with E-state index >= 15 is 0 Å². The monoisotopic (exact) mass is 374 g/mol. The molecule has 0 radical (unpaired) electrons. The van der Waals surface area contributed by atoms with Crippen molar-refractivity contribution in [3.8, 4) is 0 Å². The molecule has 1 unspecified atom stereocenters. The summed E-state index contributed by atoms with van der Waals surface area (Å²) in [7, 11) is -2.85. The normalized spacial score (nSPS) is 22.3. The molecule has 0 bridgehead atoms. The number of rotatable bonds is 5. The van der Waals surface area contributed by atoms with Gasteiger partial charge in [0.25, 0.3) is 0 Å². The van der Waals surface area contributed by atoms with Crippen molar-refractivity contribution in [1.29, 1.82) is 0 Å². The Labute approximate surface area is 136 Å². The van der Waals surface area contributed by atoms with Crippen LogP contribution in [0.5, 0.6) is 0 Å². The SMILES string of the molecule is CCNCc1ccc(CN2CCS(=O)(=O)CC2C)c(Br)c1. The fourth-order valence-electron chi connectivity index (χ4n) is 2.59. The van der Waals surface area contributed by atoms with E-state index in [0.717, 1.165) is 24.1 Å². The Hall–Kier alpha value is -0.430. The highest BCUT2D eigenvalue weighted by Gasteiger charge is 2.28. The molecular weight excluding hydrogens is 352 g/mol. The Balaban J connectivity index is 2.03. The average Bonchev–Trinajstić information content (AvgIpc) is 2.41. The lowest BCUT2D eigenvalue weighted by atomic mass is 10.1. The van der Waals surface area contributed by atoms with Gasteiger partial charge in [0, 0.05) is 30.1 Å². The molecule has 1 saturated heterocycles. The molecule has 1 N–H and O–H groups in total. The minimum absolute atomic E-state index is 0.0806. The molecule has 1 atom stereocenters. The van der Waals surface area contributed by atoms with Crippen LogP contribution in [0, 0.1) is 0 Å². The number of hydrogen-bond acceptors (Lipinski definition) is 4. The molecule has 0 aromatic heterocycles. The van der Waals surface area contributed by atoms with Crippen LogP contribution in [0.4, 0.5) is 0 Å². The molecule has 0 aliphatic carbocycles. The summed E-state index contributed by atoms with van der Waals surface area (Å²) in [5, 5.41) is 3.31. The van der Waals surface area contributed by atoms with Gasteiger partial charge < -0.3 is 5.32 Å². The molecule has 4 nitrogen and oxygen atoms in total. The summed E-state index contributed by atoms with van der Waals surface area (Å²) >= 11 is 3.64. The van der Waals surface area contributed by atoms with Crippen LogP contribution in [-0.4, -0.2) is 44.0 Å². The van der Waals surface area contributed by atoms with Gasteiger partial charge in [0.2, 0.25) is 0 Å². The van der Waals surface area contributed by atoms with Crippen LogP contribution in [0.1, 0.15) is 25.0 Å². The van der Waals surface area contributed by atoms with E-state index in [4.69, 9.17) is 0 Å². The number of benzene rings is 1. The van der Waals surface area contributed by atoms with Gasteiger partial charge in [-0.2, -0.15) is 0 Å². The van der Waals surface area contributed by atoms with Gasteiger partial charge in [0.15, 0.2) is 9.84 Å². The highest BCUT2D eigenvalue weighted by Crippen LogP contribution is 2.23. The van der Waals surface area contributed by atoms with Crippen LogP contribution in [0.3, 0.4) is 0 Å². The maximum atomic E-state index is 11.6. The van der Waals surface area contributed by atoms with Gasteiger partial charge >= 0.3 is 0 Å². The molecule has 118 valence electrons. The van der Waals surface area contributed by atoms with Gasteiger partial charge in [0.1, 0.15) is 0 Å². The van der Waals surface area contributed by atoms with Crippen LogP contribution in [0.15, 0.2) is 22.7 Å². The molecule has 6 heteroatoms. The molecule has 1 aliphatic rings. The molecule has 2 rings (SSSR count). The summed E-state index contributed by atoms with van der Waals surface area (Å²) < 4.78 is 24.4. The molecule has 1 heterocycles. The molecule has 1 aromatic rings. The van der Waals surface area contributed by atoms with Crippen LogP contribution in [0.2, 0.25) is 0 Å². The van der Waals surface area contributed by atoms with E-state index < -0.39 is 9.84 Å². The fraction of sp³-hybridized carbons (Fsp3) is 0.600. The molecule has 0 spiro atoms. The van der Waals surface area contributed by atoms with Crippen molar-refractivity contribution < 1.29 is 8.42 Å². The second-order valence-corrected chi connectivity index (χ2v) is 8.72. The van der Waals surface area contributed by atoms with E-state index in [2.05, 4.69) is 51.3 Å². The molecule has 0 amide bonds. The second kappa shape index (κ2) is 7.22. The zero-order chi connectivity index (χ0) is 15.5. The molecule has 1 aliphatic heterocycles. The summed E-state index contributed by atoms with van der Waals surface area (Å²) in [4.78, 5) is 2.24. The Morgan fingerprint density at radius 3 is 2.81 bits per heavy atom. The van der Waals surface area contributed by atoms with E-state index in [1.165, 1.54) is 11.1 Å². The van der Waals surface area contributed by atoms with Crippen LogP contribution >= 0.6 is 15.9 Å². The van der Waals surface area contributed by atoms with E-state index in [1.807, 2.05) is 6.92 Å². The van der Waals surface area contributed by atoms with E-state index in [1.54, 1.807) is 0 Å². The highest BCUT2D eigenvalue weighted by atomic mass is 79.9. The third-order valence-electron chi connectivity index (χ3n) is 3.88. The molecular formula is C15H23BrN2O2S. The minimum atomic E-state index is -2.85. The van der Waals surface area contributed by atoms with Gasteiger partial charge in [-0.05, 0) is 30.7 Å². The molecule has 1 fully saturated rings. The number of nitrogens with zero attached hydrogens (tertiary/aromatic N) is 1. The maximum Gasteiger partial charge on any atom is 0.153 e. The van der Waals surface area contributed by atoms with E-state index in [0.29, 0.717) is 6.54 Å². The Kier molecular flexibility index (Phi) is 5.82. The van der Waals surface area contributed by atoms with E-state index in [9.17, 15) is 8.42 Å². The predicted molar refractivity (Wildman–Crippen MR) is 90.0 cm³/mol. The zero-order valence-corrected chi connectivity index (χ0v) is 15.0. The molecule has 1 aromatic carbocycles. The van der Waals surface area contributed by atoms with Crippen molar-refractivity contribution >= 4 is 25.8 Å². The first-order chi connectivity index (χ1) is 9.91. The number of sulfone groups is 1. The molecule has 0 saturated carbocycles. The standard InChI is InChI=1S/C15H23BrN2O2S/c1-3-17-9-13-4-5-14(15(16)8-13)10-18-6-7-21(19,20)11-12(18)2/h4-5,8,12,17H,3,6-7,9-11H2,1-2H3. The van der Waals surface area contributed by atoms with Crippen molar-refractivity contribution in [3.63, 3.8) is 0 Å². The maximum absolute atomic E-state index is 11.6. The summed E-state index contributed by atoms with van der Waals surface area (Å²) in [5.41, 5.74) is 2.46. The lowest BCUT2D eigenvalue weighted by Crippen LogP contribution is -2.46. The fourth-order valence-corrected chi connectivity index (χ4v) is 4.76. The van der Waals surface area contributed by atoms with E-state index in [-0.39, 0.29) is 17.5 Å². The third-order valence-corrected chi connectivity index (χ3v) is 6.41. The lowest BCUT2D eigenvalue weighted by Gasteiger charge is -2.33. The van der Waals surface area contributed by atoms with Gasteiger partial charge in [-0.15, -0.1) is 0 Å². The lowest BCUT2D eigenvalue weighted by molar-refractivity contribution is 0.217. The third kappa shape index (κ3) is 4.77. The summed E-state index contributed by atoms with van der Waals surface area (Å²) in [5.74, 6) is 0.538. The van der Waals surface area contributed by atoms with Crippen molar-refractivity contribution in [2.24, 2.45) is 0 Å². The first-order valence-electron chi connectivity index (χ1n) is 7.34. The van der Waals surface area contributed by atoms with Gasteiger partial charge in [-0.1, -0.05) is 35.0 Å². The van der Waals surface area contributed by atoms with Crippen molar-refractivity contribution in [1.82, 2.24) is 10.2 Å². The van der Waals surface area contributed by atoms with Crippen molar-refractivity contribution in [2.75, 3.05) is 24.6 Å². The Bertz CT molecular complexity index is 589. The topological polar surface area (TPSA) is 49.4 Å². The average molecular weight is 375 g/mol. The molecule has 21 heavy (non-hydrogen) atoms.